The number of benzene rings is 2. The van der Waals surface area contributed by atoms with Crippen LogP contribution in [0.5, 0.6) is 17.2 Å². The van der Waals surface area contributed by atoms with Gasteiger partial charge in [0.15, 0.2) is 0 Å². The maximum atomic E-state index is 13.6. The molecular formula is C27H31ClN4O6S. The fourth-order valence-corrected chi connectivity index (χ4v) is 6.80. The first-order valence-electron chi connectivity index (χ1n) is 12.8. The highest BCUT2D eigenvalue weighted by Crippen LogP contribution is 2.33. The molecule has 0 radical (unpaired) electrons. The van der Waals surface area contributed by atoms with Crippen LogP contribution < -0.4 is 24.7 Å². The highest BCUT2D eigenvalue weighted by atomic mass is 35.5. The van der Waals surface area contributed by atoms with Crippen molar-refractivity contribution in [2.24, 2.45) is 0 Å². The Morgan fingerprint density at radius 3 is 2.38 bits per heavy atom. The summed E-state index contributed by atoms with van der Waals surface area (Å²) in [6, 6.07) is 11.6. The Labute approximate surface area is 232 Å². The van der Waals surface area contributed by atoms with E-state index in [1.807, 2.05) is 4.90 Å². The molecule has 2 fully saturated rings. The minimum atomic E-state index is -3.85. The molecule has 2 aromatic carbocycles. The van der Waals surface area contributed by atoms with Crippen LogP contribution in [-0.4, -0.2) is 69.0 Å². The number of methoxy groups -OCH3 is 2. The van der Waals surface area contributed by atoms with Gasteiger partial charge < -0.3 is 19.1 Å². The van der Waals surface area contributed by atoms with E-state index in [9.17, 15) is 13.2 Å². The molecule has 5 rings (SSSR count). The van der Waals surface area contributed by atoms with E-state index in [0.29, 0.717) is 35.2 Å². The Hall–Kier alpha value is -3.28. The lowest BCUT2D eigenvalue weighted by Gasteiger charge is -2.36. The summed E-state index contributed by atoms with van der Waals surface area (Å²) in [7, 11) is -0.934. The number of aromatic nitrogens is 2. The van der Waals surface area contributed by atoms with Crippen molar-refractivity contribution in [1.29, 1.82) is 0 Å². The van der Waals surface area contributed by atoms with Crippen molar-refractivity contribution in [3.63, 3.8) is 0 Å². The van der Waals surface area contributed by atoms with Crippen molar-refractivity contribution < 1.29 is 22.6 Å². The van der Waals surface area contributed by atoms with Crippen LogP contribution in [0.2, 0.25) is 5.02 Å². The Balaban J connectivity index is 1.43. The van der Waals surface area contributed by atoms with Gasteiger partial charge in [-0.2, -0.15) is 14.1 Å². The number of rotatable bonds is 8. The van der Waals surface area contributed by atoms with E-state index in [0.717, 1.165) is 25.7 Å². The zero-order valence-electron chi connectivity index (χ0n) is 21.9. The van der Waals surface area contributed by atoms with Gasteiger partial charge in [-0.15, -0.1) is 0 Å². The summed E-state index contributed by atoms with van der Waals surface area (Å²) in [6.07, 6.45) is 5.44. The third kappa shape index (κ3) is 5.57. The van der Waals surface area contributed by atoms with Crippen molar-refractivity contribution in [3.8, 4) is 22.9 Å². The summed E-state index contributed by atoms with van der Waals surface area (Å²) in [4.78, 5) is 15.6. The predicted octanol–water partition coefficient (Wildman–Crippen LogP) is 3.74. The van der Waals surface area contributed by atoms with E-state index in [2.05, 4.69) is 5.10 Å². The molecule has 1 aliphatic heterocycles. The maximum Gasteiger partial charge on any atom is 0.316 e. The Morgan fingerprint density at radius 1 is 0.974 bits per heavy atom. The number of hydrogen-bond acceptors (Lipinski definition) is 8. The molecule has 0 amide bonds. The van der Waals surface area contributed by atoms with Crippen LogP contribution in [0.25, 0.3) is 5.69 Å². The molecule has 0 N–H and O–H groups in total. The van der Waals surface area contributed by atoms with Gasteiger partial charge in [-0.05, 0) is 56.0 Å². The summed E-state index contributed by atoms with van der Waals surface area (Å²) in [6.45, 7) is 1.13. The lowest BCUT2D eigenvalue weighted by atomic mass is 10.2. The summed E-state index contributed by atoms with van der Waals surface area (Å²) in [5.74, 6) is 0.898. The lowest BCUT2D eigenvalue weighted by molar-refractivity contribution is 0.205. The molecule has 12 heteroatoms. The average molecular weight is 575 g/mol. The van der Waals surface area contributed by atoms with Crippen LogP contribution in [0.1, 0.15) is 25.7 Å². The molecule has 1 saturated heterocycles. The van der Waals surface area contributed by atoms with Crippen molar-refractivity contribution in [2.45, 2.75) is 36.7 Å². The third-order valence-electron chi connectivity index (χ3n) is 7.12. The van der Waals surface area contributed by atoms with E-state index >= 15 is 0 Å². The van der Waals surface area contributed by atoms with Crippen LogP contribution in [0.4, 0.5) is 5.69 Å². The molecule has 0 atom stereocenters. The van der Waals surface area contributed by atoms with E-state index in [1.165, 1.54) is 29.3 Å². The van der Waals surface area contributed by atoms with Crippen molar-refractivity contribution >= 4 is 27.3 Å². The molecular weight excluding hydrogens is 544 g/mol. The van der Waals surface area contributed by atoms with Gasteiger partial charge in [0.1, 0.15) is 22.1 Å². The van der Waals surface area contributed by atoms with E-state index < -0.39 is 10.0 Å². The first kappa shape index (κ1) is 27.3. The molecule has 1 aromatic heterocycles. The molecule has 39 heavy (non-hydrogen) atoms. The molecule has 0 spiro atoms. The van der Waals surface area contributed by atoms with Gasteiger partial charge in [-0.25, -0.2) is 8.42 Å². The van der Waals surface area contributed by atoms with Crippen molar-refractivity contribution in [2.75, 3.05) is 45.3 Å². The highest BCUT2D eigenvalue weighted by molar-refractivity contribution is 7.89. The average Bonchev–Trinajstić information content (AvgIpc) is 3.47. The van der Waals surface area contributed by atoms with Gasteiger partial charge in [0.2, 0.25) is 15.8 Å². The SMILES string of the molecule is COc1ccc(OC)c(S(=O)(=O)N2CCN(c3cnn(-c4cccc(Cl)c4)c(=O)c3OC3CCCC3)CC2)c1. The van der Waals surface area contributed by atoms with Gasteiger partial charge in [-0.1, -0.05) is 17.7 Å². The van der Waals surface area contributed by atoms with Gasteiger partial charge in [0.25, 0.3) is 0 Å². The molecule has 3 aromatic rings. The first-order chi connectivity index (χ1) is 18.8. The Bertz CT molecular complexity index is 1500. The second kappa shape index (κ2) is 11.4. The number of ether oxygens (including phenoxy) is 3. The van der Waals surface area contributed by atoms with Gasteiger partial charge in [0.05, 0.1) is 32.2 Å². The van der Waals surface area contributed by atoms with Gasteiger partial charge >= 0.3 is 5.56 Å². The second-order valence-corrected chi connectivity index (χ2v) is 11.8. The van der Waals surface area contributed by atoms with E-state index in [4.69, 9.17) is 25.8 Å². The topological polar surface area (TPSA) is 103 Å². The van der Waals surface area contributed by atoms with Gasteiger partial charge in [-0.3, -0.25) is 4.79 Å². The quantitative estimate of drug-likeness (QED) is 0.401. The number of anilines is 1. The fraction of sp³-hybridized carbons (Fsp3) is 0.407. The number of nitrogens with zero attached hydrogens (tertiary/aromatic N) is 4. The van der Waals surface area contributed by atoms with Crippen LogP contribution >= 0.6 is 11.6 Å². The van der Waals surface area contributed by atoms with Gasteiger partial charge in [0, 0.05) is 37.3 Å². The number of halogens is 1. The molecule has 0 bridgehead atoms. The second-order valence-electron chi connectivity index (χ2n) is 9.49. The van der Waals surface area contributed by atoms with Crippen LogP contribution in [-0.2, 0) is 10.0 Å². The molecule has 1 saturated carbocycles. The standard InChI is InChI=1S/C27H31ClN4O6S/c1-36-22-10-11-24(37-2)25(17-22)39(34,35)31-14-12-30(13-15-31)23-18-29-32(20-7-5-6-19(28)16-20)27(33)26(23)38-21-8-3-4-9-21/h5-7,10-11,16-18,21H,3-4,8-9,12-15H2,1-2H3. The van der Waals surface area contributed by atoms with Crippen molar-refractivity contribution in [3.05, 3.63) is 64.0 Å². The molecule has 2 aliphatic rings. The Morgan fingerprint density at radius 2 is 1.72 bits per heavy atom. The zero-order valence-corrected chi connectivity index (χ0v) is 23.4. The summed E-state index contributed by atoms with van der Waals surface area (Å²) >= 11 is 6.16. The third-order valence-corrected chi connectivity index (χ3v) is 9.28. The smallest absolute Gasteiger partial charge is 0.316 e. The molecule has 208 valence electrons. The molecule has 0 unspecified atom stereocenters. The highest BCUT2D eigenvalue weighted by Gasteiger charge is 2.33. The van der Waals surface area contributed by atoms with E-state index in [1.54, 1.807) is 42.6 Å². The van der Waals surface area contributed by atoms with Crippen molar-refractivity contribution in [1.82, 2.24) is 14.1 Å². The molecule has 1 aliphatic carbocycles. The van der Waals surface area contributed by atoms with Crippen LogP contribution in [0.3, 0.4) is 0 Å². The monoisotopic (exact) mass is 574 g/mol. The van der Waals surface area contributed by atoms with Crippen LogP contribution in [0.15, 0.2) is 58.4 Å². The predicted molar refractivity (Wildman–Crippen MR) is 148 cm³/mol. The number of sulfonamides is 1. The summed E-state index contributed by atoms with van der Waals surface area (Å²) in [5.41, 5.74) is 0.720. The molecule has 2 heterocycles. The minimum Gasteiger partial charge on any atom is -0.497 e. The fourth-order valence-electron chi connectivity index (χ4n) is 5.02. The number of piperazine rings is 1. The summed E-state index contributed by atoms with van der Waals surface area (Å²) in [5, 5.41) is 4.91. The normalized spacial score (nSPS) is 16.8. The largest absolute Gasteiger partial charge is 0.497 e. The Kier molecular flexibility index (Phi) is 8.01. The summed E-state index contributed by atoms with van der Waals surface area (Å²) < 4.78 is 46.6. The van der Waals surface area contributed by atoms with E-state index in [-0.39, 0.29) is 41.1 Å². The lowest BCUT2D eigenvalue weighted by Crippen LogP contribution is -2.49. The minimum absolute atomic E-state index is 0.0474. The zero-order chi connectivity index (χ0) is 27.6. The van der Waals surface area contributed by atoms with Crippen LogP contribution in [0, 0.1) is 0 Å². The maximum absolute atomic E-state index is 13.6. The molecule has 10 nitrogen and oxygen atoms in total. The first-order valence-corrected chi connectivity index (χ1v) is 14.7. The number of hydrogen-bond donors (Lipinski definition) is 0.